The van der Waals surface area contributed by atoms with Gasteiger partial charge in [-0.3, -0.25) is 0 Å². The highest BCUT2D eigenvalue weighted by Gasteiger charge is 2.04. The number of hydrogen-bond donors (Lipinski definition) is 1. The average molecular weight is 195 g/mol. The zero-order valence-electron chi connectivity index (χ0n) is 7.18. The summed E-state index contributed by atoms with van der Waals surface area (Å²) < 4.78 is 25.6. The van der Waals surface area contributed by atoms with Gasteiger partial charge in [-0.05, 0) is 6.07 Å². The minimum absolute atomic E-state index is 0.00856. The Morgan fingerprint density at radius 1 is 1.36 bits per heavy atom. The summed E-state index contributed by atoms with van der Waals surface area (Å²) in [6.07, 6.45) is 0.606. The molecule has 2 nitrogen and oxygen atoms in total. The molecule has 14 heavy (non-hydrogen) atoms. The fraction of sp³-hybridized carbons (Fsp3) is 0.100. The Morgan fingerprint density at radius 3 is 2.71 bits per heavy atom. The van der Waals surface area contributed by atoms with Crippen LogP contribution in [0, 0.1) is 23.5 Å². The molecule has 1 aromatic rings. The summed E-state index contributed by atoms with van der Waals surface area (Å²) in [4.78, 5) is 9.92. The van der Waals surface area contributed by atoms with E-state index in [1.807, 2.05) is 0 Å². The molecule has 0 aliphatic carbocycles. The van der Waals surface area contributed by atoms with Gasteiger partial charge in [-0.15, -0.1) is 0 Å². The summed E-state index contributed by atoms with van der Waals surface area (Å²) in [5.41, 5.74) is 5.04. The molecule has 0 aliphatic rings. The summed E-state index contributed by atoms with van der Waals surface area (Å²) >= 11 is 0. The van der Waals surface area contributed by atoms with E-state index in [2.05, 4.69) is 11.8 Å². The molecule has 0 atom stereocenters. The predicted octanol–water partition coefficient (Wildman–Crippen LogP) is 1.49. The van der Waals surface area contributed by atoms with Crippen LogP contribution in [0.3, 0.4) is 0 Å². The molecule has 0 amide bonds. The zero-order chi connectivity index (χ0) is 10.6. The van der Waals surface area contributed by atoms with Crippen molar-refractivity contribution >= 4 is 12.0 Å². The molecule has 0 aromatic heterocycles. The summed E-state index contributed by atoms with van der Waals surface area (Å²) in [5.74, 6) is 3.18. The fourth-order valence-corrected chi connectivity index (χ4v) is 0.849. The van der Waals surface area contributed by atoms with E-state index in [0.29, 0.717) is 12.4 Å². The van der Waals surface area contributed by atoms with Crippen molar-refractivity contribution in [1.82, 2.24) is 0 Å². The first-order chi connectivity index (χ1) is 6.65. The van der Waals surface area contributed by atoms with Crippen LogP contribution in [0.15, 0.2) is 12.1 Å². The Labute approximate surface area is 79.7 Å². The lowest BCUT2D eigenvalue weighted by molar-refractivity contribution is -0.107. The number of anilines is 1. The van der Waals surface area contributed by atoms with Crippen LogP contribution in [0.1, 0.15) is 12.0 Å². The molecular formula is C10H7F2NO. The van der Waals surface area contributed by atoms with Gasteiger partial charge in [0, 0.05) is 6.07 Å². The van der Waals surface area contributed by atoms with Crippen LogP contribution in [-0.4, -0.2) is 6.29 Å². The largest absolute Gasteiger partial charge is 0.396 e. The number of rotatable bonds is 1. The van der Waals surface area contributed by atoms with Crippen molar-refractivity contribution in [3.63, 3.8) is 0 Å². The molecule has 4 heteroatoms. The zero-order valence-corrected chi connectivity index (χ0v) is 7.18. The van der Waals surface area contributed by atoms with Crippen molar-refractivity contribution in [2.45, 2.75) is 6.42 Å². The first-order valence-electron chi connectivity index (χ1n) is 3.82. The number of nitrogens with two attached hydrogens (primary N) is 1. The van der Waals surface area contributed by atoms with E-state index in [0.717, 1.165) is 6.07 Å². The van der Waals surface area contributed by atoms with E-state index < -0.39 is 11.6 Å². The van der Waals surface area contributed by atoms with Gasteiger partial charge in [0.2, 0.25) is 0 Å². The number of carbonyl (C=O) groups is 1. The van der Waals surface area contributed by atoms with Gasteiger partial charge >= 0.3 is 0 Å². The van der Waals surface area contributed by atoms with Crippen LogP contribution in [0.4, 0.5) is 14.5 Å². The summed E-state index contributed by atoms with van der Waals surface area (Å²) in [7, 11) is 0. The molecule has 1 rings (SSSR count). The second kappa shape index (κ2) is 4.38. The third-order valence-corrected chi connectivity index (χ3v) is 1.49. The Kier molecular flexibility index (Phi) is 3.19. The smallest absolute Gasteiger partial charge is 0.149 e. The van der Waals surface area contributed by atoms with E-state index in [1.54, 1.807) is 0 Å². The SMILES string of the molecule is Nc1cc(C#CCC=O)c(F)cc1F. The average Bonchev–Trinajstić information content (AvgIpc) is 2.14. The van der Waals surface area contributed by atoms with Crippen LogP contribution in [-0.2, 0) is 4.79 Å². The Bertz CT molecular complexity index is 418. The van der Waals surface area contributed by atoms with E-state index in [9.17, 15) is 13.6 Å². The van der Waals surface area contributed by atoms with Gasteiger partial charge < -0.3 is 10.5 Å². The second-order valence-electron chi connectivity index (χ2n) is 2.53. The molecule has 1 aromatic carbocycles. The van der Waals surface area contributed by atoms with Crippen LogP contribution >= 0.6 is 0 Å². The van der Waals surface area contributed by atoms with E-state index in [-0.39, 0.29) is 17.7 Å². The van der Waals surface area contributed by atoms with Crippen molar-refractivity contribution in [1.29, 1.82) is 0 Å². The van der Waals surface area contributed by atoms with Crippen LogP contribution in [0.25, 0.3) is 0 Å². The number of aldehydes is 1. The van der Waals surface area contributed by atoms with E-state index in [4.69, 9.17) is 5.73 Å². The molecule has 0 saturated heterocycles. The third-order valence-electron chi connectivity index (χ3n) is 1.49. The molecule has 0 bridgehead atoms. The molecule has 0 unspecified atom stereocenters. The third kappa shape index (κ3) is 2.30. The topological polar surface area (TPSA) is 43.1 Å². The Morgan fingerprint density at radius 2 is 2.07 bits per heavy atom. The summed E-state index contributed by atoms with van der Waals surface area (Å²) in [5, 5.41) is 0. The minimum atomic E-state index is -0.816. The fourth-order valence-electron chi connectivity index (χ4n) is 0.849. The van der Waals surface area contributed by atoms with Gasteiger partial charge in [-0.25, -0.2) is 8.78 Å². The lowest BCUT2D eigenvalue weighted by atomic mass is 10.2. The molecule has 0 aliphatic heterocycles. The van der Waals surface area contributed by atoms with Crippen molar-refractivity contribution in [2.75, 3.05) is 5.73 Å². The normalized spacial score (nSPS) is 9.00. The van der Waals surface area contributed by atoms with Gasteiger partial charge in [-0.2, -0.15) is 0 Å². The summed E-state index contributed by atoms with van der Waals surface area (Å²) in [6.45, 7) is 0. The highest BCUT2D eigenvalue weighted by atomic mass is 19.1. The van der Waals surface area contributed by atoms with E-state index >= 15 is 0 Å². The Hall–Kier alpha value is -1.89. The lowest BCUT2D eigenvalue weighted by Crippen LogP contribution is -1.94. The molecule has 72 valence electrons. The summed E-state index contributed by atoms with van der Waals surface area (Å²) in [6, 6.07) is 1.77. The molecule has 0 fully saturated rings. The molecule has 2 N–H and O–H groups in total. The minimum Gasteiger partial charge on any atom is -0.396 e. The van der Waals surface area contributed by atoms with Gasteiger partial charge in [0.05, 0.1) is 17.7 Å². The quantitative estimate of drug-likeness (QED) is 0.419. The first kappa shape index (κ1) is 10.2. The van der Waals surface area contributed by atoms with Crippen molar-refractivity contribution in [3.8, 4) is 11.8 Å². The first-order valence-corrected chi connectivity index (χ1v) is 3.82. The predicted molar refractivity (Wildman–Crippen MR) is 48.3 cm³/mol. The number of carbonyl (C=O) groups excluding carboxylic acids is 1. The van der Waals surface area contributed by atoms with Gasteiger partial charge in [0.1, 0.15) is 17.9 Å². The standard InChI is InChI=1S/C10H7F2NO/c11-8-6-9(12)10(13)5-7(8)3-1-2-4-14/h4-6H,2,13H2. The molecule has 0 saturated carbocycles. The van der Waals surface area contributed by atoms with Gasteiger partial charge in [-0.1, -0.05) is 11.8 Å². The molecule has 0 spiro atoms. The highest BCUT2D eigenvalue weighted by molar-refractivity contribution is 5.56. The molecule has 0 heterocycles. The van der Waals surface area contributed by atoms with Crippen molar-refractivity contribution in [3.05, 3.63) is 29.3 Å². The van der Waals surface area contributed by atoms with Crippen LogP contribution < -0.4 is 5.73 Å². The van der Waals surface area contributed by atoms with Gasteiger partial charge in [0.15, 0.2) is 0 Å². The van der Waals surface area contributed by atoms with Crippen molar-refractivity contribution in [2.24, 2.45) is 0 Å². The molecule has 0 radical (unpaired) electrons. The number of nitrogen functional groups attached to an aromatic ring is 1. The number of benzene rings is 1. The van der Waals surface area contributed by atoms with Gasteiger partial charge in [0.25, 0.3) is 0 Å². The number of hydrogen-bond acceptors (Lipinski definition) is 2. The number of halogens is 2. The van der Waals surface area contributed by atoms with Crippen molar-refractivity contribution < 1.29 is 13.6 Å². The van der Waals surface area contributed by atoms with Crippen LogP contribution in [0.2, 0.25) is 0 Å². The highest BCUT2D eigenvalue weighted by Crippen LogP contribution is 2.15. The Balaban J connectivity index is 3.05. The second-order valence-corrected chi connectivity index (χ2v) is 2.53. The van der Waals surface area contributed by atoms with Crippen LogP contribution in [0.5, 0.6) is 0 Å². The maximum Gasteiger partial charge on any atom is 0.149 e. The maximum absolute atomic E-state index is 13.0. The lowest BCUT2D eigenvalue weighted by Gasteiger charge is -1.98. The maximum atomic E-state index is 13.0. The van der Waals surface area contributed by atoms with E-state index in [1.165, 1.54) is 0 Å². The molecular weight excluding hydrogens is 188 g/mol. The monoisotopic (exact) mass is 195 g/mol.